The van der Waals surface area contributed by atoms with Gasteiger partial charge in [0.15, 0.2) is 5.82 Å². The molecule has 1 saturated heterocycles. The Morgan fingerprint density at radius 1 is 1.24 bits per heavy atom. The molecule has 0 aliphatic carbocycles. The van der Waals surface area contributed by atoms with E-state index >= 15 is 0 Å². The summed E-state index contributed by atoms with van der Waals surface area (Å²) >= 11 is 0. The number of nitrogens with zero attached hydrogens (tertiary/aromatic N) is 5. The molecule has 184 valence electrons. The van der Waals surface area contributed by atoms with E-state index in [9.17, 15) is 30.4 Å². The quantitative estimate of drug-likeness (QED) is 0.494. The van der Waals surface area contributed by atoms with Crippen LogP contribution in [0.2, 0.25) is 0 Å². The highest BCUT2D eigenvalue weighted by atomic mass is 32.2. The molecular weight excluding hydrogens is 485 g/mol. The van der Waals surface area contributed by atoms with E-state index in [0.29, 0.717) is 5.65 Å². The second-order valence-corrected chi connectivity index (χ2v) is 9.57. The van der Waals surface area contributed by atoms with Gasteiger partial charge >= 0.3 is 6.18 Å². The summed E-state index contributed by atoms with van der Waals surface area (Å²) in [5.41, 5.74) is 0.312. The number of piperazine rings is 1. The summed E-state index contributed by atoms with van der Waals surface area (Å²) in [6, 6.07) is 0.581. The Bertz CT molecular complexity index is 1280. The van der Waals surface area contributed by atoms with Crippen LogP contribution in [0, 0.1) is 0 Å². The van der Waals surface area contributed by atoms with Gasteiger partial charge in [0.25, 0.3) is 6.43 Å². The molecule has 4 rings (SSSR count). The SMILES string of the molecule is CS(=O)(=O)NCC1NCCN(c2ccnc(-c3cnc4ccc(C(F)F)cn34)n2)C1C(F)(F)F. The first-order valence-electron chi connectivity index (χ1n) is 10.0. The normalized spacial score (nSPS) is 19.8. The first-order chi connectivity index (χ1) is 15.9. The summed E-state index contributed by atoms with van der Waals surface area (Å²) < 4.78 is 94.8. The lowest BCUT2D eigenvalue weighted by Crippen LogP contribution is -2.66. The number of anilines is 1. The molecule has 15 heteroatoms. The van der Waals surface area contributed by atoms with Crippen LogP contribution < -0.4 is 14.9 Å². The van der Waals surface area contributed by atoms with Crippen LogP contribution in [0.1, 0.15) is 12.0 Å². The Morgan fingerprint density at radius 3 is 2.68 bits per heavy atom. The Hall–Kier alpha value is -2.91. The summed E-state index contributed by atoms with van der Waals surface area (Å²) in [6.07, 6.45) is -2.78. The van der Waals surface area contributed by atoms with Crippen LogP contribution in [-0.4, -0.2) is 71.9 Å². The molecule has 0 aromatic carbocycles. The van der Waals surface area contributed by atoms with Crippen molar-refractivity contribution >= 4 is 21.5 Å². The molecule has 0 bridgehead atoms. The van der Waals surface area contributed by atoms with Crippen LogP contribution in [0.3, 0.4) is 0 Å². The first kappa shape index (κ1) is 24.2. The van der Waals surface area contributed by atoms with E-state index in [2.05, 4.69) is 25.0 Å². The van der Waals surface area contributed by atoms with Gasteiger partial charge < -0.3 is 10.2 Å². The van der Waals surface area contributed by atoms with Gasteiger partial charge in [-0.05, 0) is 18.2 Å². The topological polar surface area (TPSA) is 105 Å². The van der Waals surface area contributed by atoms with Crippen molar-refractivity contribution < 1.29 is 30.4 Å². The van der Waals surface area contributed by atoms with Crippen molar-refractivity contribution in [2.24, 2.45) is 0 Å². The summed E-state index contributed by atoms with van der Waals surface area (Å²) in [4.78, 5) is 13.5. The van der Waals surface area contributed by atoms with Crippen LogP contribution in [0.15, 0.2) is 36.8 Å². The van der Waals surface area contributed by atoms with Gasteiger partial charge in [-0.25, -0.2) is 36.9 Å². The third kappa shape index (κ3) is 5.10. The van der Waals surface area contributed by atoms with Crippen molar-refractivity contribution in [2.45, 2.75) is 24.7 Å². The number of halogens is 5. The van der Waals surface area contributed by atoms with E-state index in [0.717, 1.165) is 11.2 Å². The van der Waals surface area contributed by atoms with Crippen LogP contribution in [0.25, 0.3) is 17.2 Å². The molecule has 0 spiro atoms. The average molecular weight is 505 g/mol. The molecule has 9 nitrogen and oxygen atoms in total. The van der Waals surface area contributed by atoms with Gasteiger partial charge in [-0.1, -0.05) is 0 Å². The highest BCUT2D eigenvalue weighted by Crippen LogP contribution is 2.32. The minimum atomic E-state index is -4.71. The zero-order valence-electron chi connectivity index (χ0n) is 17.7. The predicted octanol–water partition coefficient (Wildman–Crippen LogP) is 1.99. The number of sulfonamides is 1. The standard InChI is InChI=1S/C19H20F5N7O2S/c1-34(32,33)28-8-12-16(19(22,23)24)30(7-6-25-12)15-4-5-26-18(29-15)13-9-27-14-3-2-11(17(20)21)10-31(13)14/h2-5,9-10,12,16-17,25,28H,6-8H2,1H3. The number of pyridine rings is 1. The van der Waals surface area contributed by atoms with Crippen molar-refractivity contribution in [3.63, 3.8) is 0 Å². The molecular formula is C19H20F5N7O2S. The molecule has 2 unspecified atom stereocenters. The monoisotopic (exact) mass is 505 g/mol. The molecule has 2 atom stereocenters. The lowest BCUT2D eigenvalue weighted by molar-refractivity contribution is -0.157. The highest BCUT2D eigenvalue weighted by Gasteiger charge is 2.50. The van der Waals surface area contributed by atoms with E-state index < -0.39 is 41.3 Å². The second-order valence-electron chi connectivity index (χ2n) is 7.73. The fourth-order valence-electron chi connectivity index (χ4n) is 3.85. The zero-order valence-corrected chi connectivity index (χ0v) is 18.5. The van der Waals surface area contributed by atoms with E-state index in [1.165, 1.54) is 41.2 Å². The number of nitrogens with one attached hydrogen (secondary N) is 2. The molecule has 3 aromatic rings. The molecule has 4 heterocycles. The summed E-state index contributed by atoms with van der Waals surface area (Å²) in [6.45, 7) is -0.380. The molecule has 0 saturated carbocycles. The number of hydrogen-bond donors (Lipinski definition) is 2. The van der Waals surface area contributed by atoms with Crippen LogP contribution in [0.5, 0.6) is 0 Å². The van der Waals surface area contributed by atoms with E-state index in [1.54, 1.807) is 0 Å². The number of hydrogen-bond acceptors (Lipinski definition) is 7. The van der Waals surface area contributed by atoms with Crippen molar-refractivity contribution in [2.75, 3.05) is 30.8 Å². The molecule has 1 aliphatic heterocycles. The van der Waals surface area contributed by atoms with Gasteiger partial charge in [0.2, 0.25) is 10.0 Å². The van der Waals surface area contributed by atoms with Crippen molar-refractivity contribution in [1.82, 2.24) is 29.4 Å². The van der Waals surface area contributed by atoms with Crippen LogP contribution in [-0.2, 0) is 10.0 Å². The zero-order chi connectivity index (χ0) is 24.7. The number of rotatable bonds is 6. The molecule has 2 N–H and O–H groups in total. The van der Waals surface area contributed by atoms with Gasteiger partial charge in [0.1, 0.15) is 23.2 Å². The summed E-state index contributed by atoms with van der Waals surface area (Å²) in [7, 11) is -3.71. The Morgan fingerprint density at radius 2 is 2.00 bits per heavy atom. The molecule has 1 aliphatic rings. The smallest absolute Gasteiger partial charge is 0.342 e. The molecule has 34 heavy (non-hydrogen) atoms. The Balaban J connectivity index is 1.71. The van der Waals surface area contributed by atoms with Crippen LogP contribution >= 0.6 is 0 Å². The molecule has 3 aromatic heterocycles. The molecule has 1 fully saturated rings. The largest absolute Gasteiger partial charge is 0.410 e. The molecule has 0 amide bonds. The maximum atomic E-state index is 14.1. The minimum absolute atomic E-state index is 0.00156. The van der Waals surface area contributed by atoms with Crippen molar-refractivity contribution in [1.29, 1.82) is 0 Å². The van der Waals surface area contributed by atoms with Gasteiger partial charge in [0.05, 0.1) is 12.5 Å². The Labute approximate surface area is 191 Å². The number of alkyl halides is 5. The fourth-order valence-corrected chi connectivity index (χ4v) is 4.33. The summed E-state index contributed by atoms with van der Waals surface area (Å²) in [5, 5.41) is 2.71. The number of imidazole rings is 1. The summed E-state index contributed by atoms with van der Waals surface area (Å²) in [5.74, 6) is -0.0418. The van der Waals surface area contributed by atoms with Gasteiger partial charge in [0, 0.05) is 43.6 Å². The maximum absolute atomic E-state index is 14.1. The fraction of sp³-hybridized carbons (Fsp3) is 0.421. The third-order valence-corrected chi connectivity index (χ3v) is 6.01. The number of aromatic nitrogens is 4. The lowest BCUT2D eigenvalue weighted by atomic mass is 10.0. The highest BCUT2D eigenvalue weighted by molar-refractivity contribution is 7.88. The minimum Gasteiger partial charge on any atom is -0.342 e. The maximum Gasteiger partial charge on any atom is 0.410 e. The Kier molecular flexibility index (Phi) is 6.44. The van der Waals surface area contributed by atoms with Gasteiger partial charge in [-0.3, -0.25) is 4.40 Å². The van der Waals surface area contributed by atoms with E-state index in [-0.39, 0.29) is 36.0 Å². The van der Waals surface area contributed by atoms with Crippen LogP contribution in [0.4, 0.5) is 27.8 Å². The third-order valence-electron chi connectivity index (χ3n) is 5.32. The van der Waals surface area contributed by atoms with E-state index in [4.69, 9.17) is 0 Å². The van der Waals surface area contributed by atoms with Gasteiger partial charge in [-0.2, -0.15) is 13.2 Å². The predicted molar refractivity (Wildman–Crippen MR) is 113 cm³/mol. The lowest BCUT2D eigenvalue weighted by Gasteiger charge is -2.43. The van der Waals surface area contributed by atoms with E-state index in [1.807, 2.05) is 0 Å². The second kappa shape index (κ2) is 9.03. The van der Waals surface area contributed by atoms with Crippen molar-refractivity contribution in [3.8, 4) is 11.5 Å². The van der Waals surface area contributed by atoms with Gasteiger partial charge in [-0.15, -0.1) is 0 Å². The number of fused-ring (bicyclic) bond motifs is 1. The first-order valence-corrected chi connectivity index (χ1v) is 11.9. The molecule has 0 radical (unpaired) electrons. The average Bonchev–Trinajstić information content (AvgIpc) is 3.19. The van der Waals surface area contributed by atoms with Crippen molar-refractivity contribution in [3.05, 3.63) is 42.4 Å².